The average molecular weight is 374 g/mol. The first-order valence-electron chi connectivity index (χ1n) is 4.24. The molecule has 8 heteroatoms. The van der Waals surface area contributed by atoms with Gasteiger partial charge in [0, 0.05) is 5.56 Å². The highest BCUT2D eigenvalue weighted by atomic mass is 127. The molecule has 2 aromatic rings. The summed E-state index contributed by atoms with van der Waals surface area (Å²) in [5.41, 5.74) is -1.27. The summed E-state index contributed by atoms with van der Waals surface area (Å²) in [5, 5.41) is 0. The topological polar surface area (TPSA) is 25.8 Å². The third-order valence-electron chi connectivity index (χ3n) is 1.93. The Kier molecular flexibility index (Phi) is 3.34. The Balaban J connectivity index is 2.61. The van der Waals surface area contributed by atoms with Gasteiger partial charge in [0.1, 0.15) is 5.82 Å². The molecule has 0 radical (unpaired) electrons. The number of alkyl halides is 3. The van der Waals surface area contributed by atoms with Crippen LogP contribution in [0.4, 0.5) is 17.6 Å². The van der Waals surface area contributed by atoms with Gasteiger partial charge in [0.25, 0.3) is 0 Å². The zero-order valence-corrected chi connectivity index (χ0v) is 10.9. The standard InChI is InChI=1S/C9H3F4IN2S/c10-4-1-2-5(6(3-4)9(11,12)13)7-15-8(14)17-16-7/h1-3H. The summed E-state index contributed by atoms with van der Waals surface area (Å²) in [5.74, 6) is -0.974. The van der Waals surface area contributed by atoms with Crippen molar-refractivity contribution in [3.8, 4) is 11.4 Å². The minimum atomic E-state index is -4.63. The number of hydrogen-bond donors (Lipinski definition) is 0. The van der Waals surface area contributed by atoms with E-state index in [2.05, 4.69) is 9.36 Å². The van der Waals surface area contributed by atoms with Gasteiger partial charge in [0.2, 0.25) is 0 Å². The van der Waals surface area contributed by atoms with Gasteiger partial charge in [0.05, 0.1) is 5.56 Å². The summed E-state index contributed by atoms with van der Waals surface area (Å²) in [6.07, 6.45) is -4.63. The van der Waals surface area contributed by atoms with Crippen LogP contribution in [-0.2, 0) is 6.18 Å². The van der Waals surface area contributed by atoms with Crippen LogP contribution in [0.3, 0.4) is 0 Å². The summed E-state index contributed by atoms with van der Waals surface area (Å²) in [4.78, 5) is 3.86. The molecule has 0 aliphatic rings. The number of hydrogen-bond acceptors (Lipinski definition) is 3. The fourth-order valence-corrected chi connectivity index (χ4v) is 2.21. The molecule has 0 atom stereocenters. The minimum Gasteiger partial charge on any atom is -0.209 e. The van der Waals surface area contributed by atoms with E-state index in [-0.39, 0.29) is 11.4 Å². The molecule has 1 heterocycles. The summed E-state index contributed by atoms with van der Waals surface area (Å²) < 4.78 is 55.3. The molecule has 0 aliphatic heterocycles. The van der Waals surface area contributed by atoms with Crippen LogP contribution in [0.25, 0.3) is 11.4 Å². The molecular weight excluding hydrogens is 371 g/mol. The van der Waals surface area contributed by atoms with Crippen molar-refractivity contribution in [1.82, 2.24) is 9.36 Å². The predicted molar refractivity (Wildman–Crippen MR) is 63.0 cm³/mol. The molecule has 0 amide bonds. The van der Waals surface area contributed by atoms with Gasteiger partial charge in [-0.1, -0.05) is 0 Å². The Morgan fingerprint density at radius 3 is 2.47 bits per heavy atom. The van der Waals surface area contributed by atoms with E-state index < -0.39 is 17.6 Å². The summed E-state index contributed by atoms with van der Waals surface area (Å²) in [6.45, 7) is 0. The maximum atomic E-state index is 12.9. The van der Waals surface area contributed by atoms with Crippen molar-refractivity contribution in [2.75, 3.05) is 0 Å². The van der Waals surface area contributed by atoms with Crippen LogP contribution in [0.2, 0.25) is 0 Å². The van der Waals surface area contributed by atoms with E-state index in [0.717, 1.165) is 23.7 Å². The average Bonchev–Trinajstić information content (AvgIpc) is 2.63. The number of aromatic nitrogens is 2. The second-order valence-electron chi connectivity index (χ2n) is 3.06. The van der Waals surface area contributed by atoms with Gasteiger partial charge in [0.15, 0.2) is 8.84 Å². The molecule has 0 unspecified atom stereocenters. The third kappa shape index (κ3) is 2.73. The van der Waals surface area contributed by atoms with E-state index in [1.165, 1.54) is 0 Å². The molecule has 1 aromatic heterocycles. The fraction of sp³-hybridized carbons (Fsp3) is 0.111. The third-order valence-corrected chi connectivity index (χ3v) is 3.27. The summed E-state index contributed by atoms with van der Waals surface area (Å²) >= 11 is 2.84. The number of halogens is 5. The first kappa shape index (κ1) is 12.7. The smallest absolute Gasteiger partial charge is 0.209 e. The molecule has 0 saturated heterocycles. The van der Waals surface area contributed by atoms with Crippen LogP contribution in [0.1, 0.15) is 5.56 Å². The van der Waals surface area contributed by atoms with Crippen molar-refractivity contribution >= 4 is 34.1 Å². The fourth-order valence-electron chi connectivity index (χ4n) is 1.26. The summed E-state index contributed by atoms with van der Waals surface area (Å²) in [6, 6.07) is 2.44. The van der Waals surface area contributed by atoms with Gasteiger partial charge in [-0.2, -0.15) is 17.5 Å². The van der Waals surface area contributed by atoms with Crippen molar-refractivity contribution in [1.29, 1.82) is 0 Å². The molecular formula is C9H3F4IN2S. The van der Waals surface area contributed by atoms with Crippen LogP contribution >= 0.6 is 34.1 Å². The molecule has 0 spiro atoms. The largest absolute Gasteiger partial charge is 0.417 e. The predicted octanol–water partition coefficient (Wildman–Crippen LogP) is 3.97. The first-order chi connectivity index (χ1) is 7.88. The normalized spacial score (nSPS) is 11.8. The lowest BCUT2D eigenvalue weighted by Gasteiger charge is -2.10. The van der Waals surface area contributed by atoms with E-state index in [9.17, 15) is 17.6 Å². The van der Waals surface area contributed by atoms with Crippen LogP contribution in [-0.4, -0.2) is 9.36 Å². The molecule has 2 rings (SSSR count). The molecule has 0 bridgehead atoms. The van der Waals surface area contributed by atoms with Crippen molar-refractivity contribution in [2.24, 2.45) is 0 Å². The van der Waals surface area contributed by atoms with Gasteiger partial charge in [-0.25, -0.2) is 9.37 Å². The highest BCUT2D eigenvalue weighted by Crippen LogP contribution is 2.36. The van der Waals surface area contributed by atoms with Crippen LogP contribution in [0.15, 0.2) is 18.2 Å². The van der Waals surface area contributed by atoms with Crippen molar-refractivity contribution in [2.45, 2.75) is 6.18 Å². The van der Waals surface area contributed by atoms with Crippen LogP contribution < -0.4 is 0 Å². The molecule has 17 heavy (non-hydrogen) atoms. The molecule has 90 valence electrons. The second-order valence-corrected chi connectivity index (χ2v) is 5.56. The van der Waals surface area contributed by atoms with Gasteiger partial charge in [-0.3, -0.25) is 0 Å². The minimum absolute atomic E-state index is 0.0354. The lowest BCUT2D eigenvalue weighted by Crippen LogP contribution is -2.08. The highest BCUT2D eigenvalue weighted by molar-refractivity contribution is 14.1. The molecule has 0 fully saturated rings. The Morgan fingerprint density at radius 1 is 1.24 bits per heavy atom. The number of benzene rings is 1. The Labute approximate surface area is 111 Å². The van der Waals surface area contributed by atoms with Gasteiger partial charge < -0.3 is 0 Å². The van der Waals surface area contributed by atoms with E-state index in [4.69, 9.17) is 0 Å². The van der Waals surface area contributed by atoms with Gasteiger partial charge in [-0.05, 0) is 52.3 Å². The summed E-state index contributed by atoms with van der Waals surface area (Å²) in [7, 11) is 0. The van der Waals surface area contributed by atoms with Crippen LogP contribution in [0, 0.1) is 8.83 Å². The van der Waals surface area contributed by atoms with E-state index in [1.807, 2.05) is 22.6 Å². The molecule has 0 N–H and O–H groups in total. The SMILES string of the molecule is Fc1ccc(-c2nsc(I)n2)c(C(F)(F)F)c1. The zero-order chi connectivity index (χ0) is 12.6. The Bertz CT molecular complexity index is 552. The van der Waals surface area contributed by atoms with Crippen molar-refractivity contribution in [3.05, 3.63) is 32.6 Å². The Hall–Kier alpha value is -0.770. The number of nitrogens with zero attached hydrogens (tertiary/aromatic N) is 2. The lowest BCUT2D eigenvalue weighted by molar-refractivity contribution is -0.137. The van der Waals surface area contributed by atoms with Gasteiger partial charge >= 0.3 is 6.18 Å². The maximum Gasteiger partial charge on any atom is 0.417 e. The lowest BCUT2D eigenvalue weighted by atomic mass is 10.1. The van der Waals surface area contributed by atoms with E-state index in [0.29, 0.717) is 9.08 Å². The Morgan fingerprint density at radius 2 is 1.94 bits per heavy atom. The quantitative estimate of drug-likeness (QED) is 0.558. The van der Waals surface area contributed by atoms with E-state index in [1.54, 1.807) is 0 Å². The second kappa shape index (κ2) is 4.48. The van der Waals surface area contributed by atoms with Crippen LogP contribution in [0.5, 0.6) is 0 Å². The van der Waals surface area contributed by atoms with Gasteiger partial charge in [-0.15, -0.1) is 0 Å². The van der Waals surface area contributed by atoms with E-state index >= 15 is 0 Å². The molecule has 0 aliphatic carbocycles. The number of rotatable bonds is 1. The monoisotopic (exact) mass is 374 g/mol. The highest BCUT2D eigenvalue weighted by Gasteiger charge is 2.35. The molecule has 2 nitrogen and oxygen atoms in total. The molecule has 1 aromatic carbocycles. The van der Waals surface area contributed by atoms with Crippen molar-refractivity contribution in [3.63, 3.8) is 0 Å². The maximum absolute atomic E-state index is 12.9. The first-order valence-corrected chi connectivity index (χ1v) is 6.09. The molecule has 0 saturated carbocycles. The zero-order valence-electron chi connectivity index (χ0n) is 7.92. The van der Waals surface area contributed by atoms with Crippen molar-refractivity contribution < 1.29 is 17.6 Å².